The minimum atomic E-state index is -1.26. The highest BCUT2D eigenvalue weighted by atomic mass is 16.5. The fourth-order valence-electron chi connectivity index (χ4n) is 4.31. The lowest BCUT2D eigenvalue weighted by atomic mass is 9.98. The molecule has 0 spiro atoms. The lowest BCUT2D eigenvalue weighted by molar-refractivity contribution is -0.142. The molecular formula is C26H26N2O6. The van der Waals surface area contributed by atoms with Crippen LogP contribution in [0.2, 0.25) is 0 Å². The van der Waals surface area contributed by atoms with Crippen molar-refractivity contribution in [2.75, 3.05) is 13.2 Å². The normalized spacial score (nSPS) is 13.0. The quantitative estimate of drug-likeness (QED) is 0.497. The van der Waals surface area contributed by atoms with Crippen molar-refractivity contribution in [3.63, 3.8) is 0 Å². The zero-order chi connectivity index (χ0) is 24.1. The van der Waals surface area contributed by atoms with Gasteiger partial charge in [-0.3, -0.25) is 9.59 Å². The fraction of sp³-hybridized carbons (Fsp3) is 0.269. The largest absolute Gasteiger partial charge is 0.481 e. The predicted octanol–water partition coefficient (Wildman–Crippen LogP) is 4.01. The third-order valence-corrected chi connectivity index (χ3v) is 5.93. The molecule has 1 aromatic heterocycles. The molecule has 2 amide bonds. The van der Waals surface area contributed by atoms with Crippen molar-refractivity contribution in [2.24, 2.45) is 0 Å². The molecular weight excluding hydrogens is 436 g/mol. The van der Waals surface area contributed by atoms with E-state index < -0.39 is 30.4 Å². The smallest absolute Gasteiger partial charge is 0.407 e. The van der Waals surface area contributed by atoms with Crippen LogP contribution in [0, 0.1) is 0 Å². The van der Waals surface area contributed by atoms with Crippen molar-refractivity contribution in [3.8, 4) is 11.1 Å². The number of nitrogens with zero attached hydrogens (tertiary/aromatic N) is 1. The zero-order valence-electron chi connectivity index (χ0n) is 18.8. The van der Waals surface area contributed by atoms with E-state index in [0.29, 0.717) is 12.3 Å². The Morgan fingerprint density at radius 2 is 1.68 bits per heavy atom. The van der Waals surface area contributed by atoms with E-state index in [1.54, 1.807) is 19.1 Å². The topological polar surface area (TPSA) is 109 Å². The number of benzene rings is 2. The molecule has 34 heavy (non-hydrogen) atoms. The van der Waals surface area contributed by atoms with Crippen LogP contribution in [0.5, 0.6) is 0 Å². The number of carbonyl (C=O) groups excluding carboxylic acids is 2. The molecule has 0 saturated heterocycles. The molecule has 2 N–H and O–H groups in total. The van der Waals surface area contributed by atoms with E-state index in [1.807, 2.05) is 48.5 Å². The number of rotatable bonds is 9. The number of hydrogen-bond donors (Lipinski definition) is 2. The van der Waals surface area contributed by atoms with Gasteiger partial charge in [-0.05, 0) is 41.3 Å². The van der Waals surface area contributed by atoms with Crippen molar-refractivity contribution in [3.05, 3.63) is 83.8 Å². The van der Waals surface area contributed by atoms with Crippen molar-refractivity contribution >= 4 is 18.0 Å². The number of aliphatic carboxylic acids is 1. The van der Waals surface area contributed by atoms with Crippen LogP contribution >= 0.6 is 0 Å². The molecule has 0 fully saturated rings. The first-order chi connectivity index (χ1) is 16.5. The first-order valence-corrected chi connectivity index (χ1v) is 11.1. The van der Waals surface area contributed by atoms with Gasteiger partial charge >= 0.3 is 12.1 Å². The number of likely N-dealkylation sites (N-methyl/N-ethyl adjacent to an activating group) is 1. The number of carboxylic acids is 1. The third kappa shape index (κ3) is 4.96. The van der Waals surface area contributed by atoms with Gasteiger partial charge in [0.25, 0.3) is 0 Å². The van der Waals surface area contributed by atoms with E-state index in [9.17, 15) is 19.5 Å². The highest BCUT2D eigenvalue weighted by molar-refractivity contribution is 5.89. The SMILES string of the molecule is CCN(Cc1ccco1)C(=O)C(CC(=O)O)NC(=O)OCC1c2ccccc2-c2ccccc21. The van der Waals surface area contributed by atoms with Crippen LogP contribution < -0.4 is 5.32 Å². The van der Waals surface area contributed by atoms with Gasteiger partial charge in [0.2, 0.25) is 5.91 Å². The Morgan fingerprint density at radius 1 is 1.03 bits per heavy atom. The van der Waals surface area contributed by atoms with Crippen LogP contribution in [0.4, 0.5) is 4.79 Å². The van der Waals surface area contributed by atoms with Gasteiger partial charge in [0.1, 0.15) is 18.4 Å². The summed E-state index contributed by atoms with van der Waals surface area (Å²) in [6.07, 6.45) is 0.102. The molecule has 0 aliphatic heterocycles. The molecule has 176 valence electrons. The number of amides is 2. The molecule has 3 aromatic rings. The van der Waals surface area contributed by atoms with Gasteiger partial charge in [0.15, 0.2) is 0 Å². The Morgan fingerprint density at radius 3 is 2.24 bits per heavy atom. The van der Waals surface area contributed by atoms with Crippen LogP contribution in [-0.4, -0.2) is 47.2 Å². The Bertz CT molecular complexity index is 1130. The molecule has 1 aliphatic rings. The summed E-state index contributed by atoms with van der Waals surface area (Å²) in [7, 11) is 0. The van der Waals surface area contributed by atoms with Crippen molar-refractivity contribution in [1.82, 2.24) is 10.2 Å². The molecule has 1 aliphatic carbocycles. The predicted molar refractivity (Wildman–Crippen MR) is 124 cm³/mol. The summed E-state index contributed by atoms with van der Waals surface area (Å²) in [5, 5.41) is 11.7. The molecule has 0 saturated carbocycles. The Kier molecular flexibility index (Phi) is 6.96. The lowest BCUT2D eigenvalue weighted by Gasteiger charge is -2.25. The van der Waals surface area contributed by atoms with E-state index >= 15 is 0 Å². The maximum atomic E-state index is 13.0. The number of ether oxygens (including phenoxy) is 1. The van der Waals surface area contributed by atoms with Crippen LogP contribution in [0.25, 0.3) is 11.1 Å². The summed E-state index contributed by atoms with van der Waals surface area (Å²) < 4.78 is 10.8. The highest BCUT2D eigenvalue weighted by Crippen LogP contribution is 2.44. The number of fused-ring (bicyclic) bond motifs is 3. The second-order valence-electron chi connectivity index (χ2n) is 8.05. The van der Waals surface area contributed by atoms with Gasteiger partial charge < -0.3 is 24.5 Å². The summed E-state index contributed by atoms with van der Waals surface area (Å²) in [6, 6.07) is 18.1. The average molecular weight is 463 g/mol. The molecule has 2 aromatic carbocycles. The Balaban J connectivity index is 1.43. The Labute approximate surface area is 197 Å². The summed E-state index contributed by atoms with van der Waals surface area (Å²) in [5.74, 6) is -1.30. The second kappa shape index (κ2) is 10.2. The number of alkyl carbamates (subject to hydrolysis) is 1. The maximum absolute atomic E-state index is 13.0. The van der Waals surface area contributed by atoms with Crippen LogP contribution in [0.3, 0.4) is 0 Å². The summed E-state index contributed by atoms with van der Waals surface area (Å²) in [6.45, 7) is 2.33. The summed E-state index contributed by atoms with van der Waals surface area (Å²) in [4.78, 5) is 38.5. The number of carboxylic acid groups (broad SMARTS) is 1. The van der Waals surface area contributed by atoms with E-state index in [0.717, 1.165) is 22.3 Å². The van der Waals surface area contributed by atoms with Crippen molar-refractivity contribution < 1.29 is 28.6 Å². The zero-order valence-corrected chi connectivity index (χ0v) is 18.8. The molecule has 1 atom stereocenters. The molecule has 4 rings (SSSR count). The van der Waals surface area contributed by atoms with E-state index in [4.69, 9.17) is 9.15 Å². The number of nitrogens with one attached hydrogen (secondary N) is 1. The van der Waals surface area contributed by atoms with E-state index in [2.05, 4.69) is 5.32 Å². The molecule has 1 heterocycles. The molecule has 1 unspecified atom stereocenters. The van der Waals surface area contributed by atoms with Gasteiger partial charge in [0, 0.05) is 12.5 Å². The van der Waals surface area contributed by atoms with Gasteiger partial charge in [-0.25, -0.2) is 4.79 Å². The van der Waals surface area contributed by atoms with Gasteiger partial charge in [-0.15, -0.1) is 0 Å². The van der Waals surface area contributed by atoms with Gasteiger partial charge in [-0.1, -0.05) is 48.5 Å². The highest BCUT2D eigenvalue weighted by Gasteiger charge is 2.31. The van der Waals surface area contributed by atoms with Crippen LogP contribution in [0.15, 0.2) is 71.3 Å². The van der Waals surface area contributed by atoms with Gasteiger partial charge in [-0.2, -0.15) is 0 Å². The first kappa shape index (κ1) is 23.1. The molecule has 8 heteroatoms. The number of hydrogen-bond acceptors (Lipinski definition) is 5. The molecule has 8 nitrogen and oxygen atoms in total. The van der Waals surface area contributed by atoms with Crippen molar-refractivity contribution in [2.45, 2.75) is 31.8 Å². The maximum Gasteiger partial charge on any atom is 0.407 e. The lowest BCUT2D eigenvalue weighted by Crippen LogP contribution is -2.49. The van der Waals surface area contributed by atoms with Crippen LogP contribution in [-0.2, 0) is 20.9 Å². The van der Waals surface area contributed by atoms with Crippen LogP contribution in [0.1, 0.15) is 36.1 Å². The third-order valence-electron chi connectivity index (χ3n) is 5.93. The minimum absolute atomic E-state index is 0.0672. The Hall–Kier alpha value is -4.07. The standard InChI is InChI=1S/C26H26N2O6/c1-2-28(15-17-8-7-13-33-17)25(31)23(14-24(29)30)27-26(32)34-16-22-20-11-5-3-9-18(20)19-10-4-6-12-21(19)22/h3-13,22-23H,2,14-16H2,1H3,(H,27,32)(H,29,30). The first-order valence-electron chi connectivity index (χ1n) is 11.1. The average Bonchev–Trinajstić information content (AvgIpc) is 3.46. The van der Waals surface area contributed by atoms with Gasteiger partial charge in [0.05, 0.1) is 19.2 Å². The molecule has 0 radical (unpaired) electrons. The number of furan rings is 1. The summed E-state index contributed by atoms with van der Waals surface area (Å²) in [5.41, 5.74) is 4.32. The second-order valence-corrected chi connectivity index (χ2v) is 8.05. The van der Waals surface area contributed by atoms with Crippen molar-refractivity contribution in [1.29, 1.82) is 0 Å². The fourth-order valence-corrected chi connectivity index (χ4v) is 4.31. The van der Waals surface area contributed by atoms with E-state index in [-0.39, 0.29) is 19.1 Å². The van der Waals surface area contributed by atoms with E-state index in [1.165, 1.54) is 11.2 Å². The minimum Gasteiger partial charge on any atom is -0.481 e. The summed E-state index contributed by atoms with van der Waals surface area (Å²) >= 11 is 0. The molecule has 0 bridgehead atoms. The monoisotopic (exact) mass is 462 g/mol. The number of carbonyl (C=O) groups is 3.